The molecule has 0 bridgehead atoms. The number of fused-ring (bicyclic) bond motifs is 4. The van der Waals surface area contributed by atoms with Crippen LogP contribution >= 0.6 is 68.5 Å². The quantitative estimate of drug-likeness (QED) is 0.0420. The Morgan fingerprint density at radius 2 is 0.696 bits per heavy atom. The van der Waals surface area contributed by atoms with Crippen molar-refractivity contribution in [3.63, 3.8) is 0 Å². The second-order valence-corrected chi connectivity index (χ2v) is 22.3. The first-order chi connectivity index (χ1) is 45.0. The van der Waals surface area contributed by atoms with E-state index < -0.39 is 11.9 Å². The summed E-state index contributed by atoms with van der Waals surface area (Å²) in [7, 11) is 0. The van der Waals surface area contributed by atoms with Crippen LogP contribution in [0.15, 0.2) is 139 Å². The predicted molar refractivity (Wildman–Crippen MR) is 347 cm³/mol. The van der Waals surface area contributed by atoms with Crippen molar-refractivity contribution < 1.29 is 28.7 Å². The fourth-order valence-electron chi connectivity index (χ4n) is 7.55. The number of hydrogen-bond donors (Lipinski definition) is 5. The second-order valence-electron chi connectivity index (χ2n) is 18.0. The lowest BCUT2D eigenvalue weighted by molar-refractivity contribution is 0.0513. The van der Waals surface area contributed by atoms with Gasteiger partial charge < -0.3 is 36.5 Å². The van der Waals surface area contributed by atoms with Gasteiger partial charge in [-0.15, -0.1) is 45.3 Å². The van der Waals surface area contributed by atoms with Gasteiger partial charge in [0, 0.05) is 123 Å². The number of hydrogen-bond acceptors (Lipinski definition) is 31. The molecular weight excluding hydrogens is 1300 g/mol. The number of nitrogens with zero attached hydrogens (tertiary/aromatic N) is 18. The molecule has 13 heterocycles. The first kappa shape index (κ1) is 66.0. The van der Waals surface area contributed by atoms with Gasteiger partial charge in [-0.25, -0.2) is 99.3 Å². The van der Waals surface area contributed by atoms with Gasteiger partial charge in [0.05, 0.1) is 54.1 Å². The first-order valence-electron chi connectivity index (χ1n) is 27.1. The average Bonchev–Trinajstić information content (AvgIpc) is 1.71. The number of anilines is 2. The smallest absolute Gasteiger partial charge is 0.358 e. The van der Waals surface area contributed by atoms with E-state index in [9.17, 15) is 19.2 Å². The van der Waals surface area contributed by atoms with E-state index in [1.165, 1.54) is 77.0 Å². The van der Waals surface area contributed by atoms with E-state index in [0.29, 0.717) is 79.3 Å². The molecule has 35 heteroatoms. The van der Waals surface area contributed by atoms with Gasteiger partial charge in [-0.3, -0.25) is 9.59 Å². The molecule has 13 rings (SSSR count). The van der Waals surface area contributed by atoms with Gasteiger partial charge in [-0.1, -0.05) is 0 Å². The molecule has 6 N–H and O–H groups in total. The lowest BCUT2D eigenvalue weighted by Gasteiger charge is -2.08. The normalized spacial score (nSPS) is 10.5. The minimum atomic E-state index is -0.464. The van der Waals surface area contributed by atoms with E-state index in [1.807, 2.05) is 33.7 Å². The van der Waals surface area contributed by atoms with Gasteiger partial charge in [0.2, 0.25) is 22.5 Å². The second kappa shape index (κ2) is 34.0. The SMILES string of the molecule is CCOC(=O)c1nc(Cl)nc2ccsc12.CCOC(=O)c1nc(NCc2cncnc2)nc2ccsc12.NCc1cncnc1.O=C(NCc1cncnc1)c1nc(Cl)nc2ccsc12.O=C(NCc1cncnc1)c1nc(NCc2cncnc2)nc2ccsc12. The Labute approximate surface area is 547 Å². The topological polar surface area (TPSA) is 393 Å². The lowest BCUT2D eigenvalue weighted by Crippen LogP contribution is -2.24. The summed E-state index contributed by atoms with van der Waals surface area (Å²) >= 11 is 17.2. The van der Waals surface area contributed by atoms with Crippen LogP contribution in [-0.4, -0.2) is 127 Å². The first-order valence-corrected chi connectivity index (χ1v) is 31.3. The molecule has 0 saturated carbocycles. The number of nitrogens with one attached hydrogen (secondary N) is 4. The van der Waals surface area contributed by atoms with Crippen LogP contribution in [0.25, 0.3) is 40.9 Å². The molecule has 0 saturated heterocycles. The van der Waals surface area contributed by atoms with Crippen LogP contribution in [0.1, 0.15) is 83.6 Å². The molecule has 0 aromatic carbocycles. The fourth-order valence-corrected chi connectivity index (χ4v) is 11.2. The summed E-state index contributed by atoms with van der Waals surface area (Å²) in [5.74, 6) is -0.737. The van der Waals surface area contributed by atoms with Gasteiger partial charge in [0.15, 0.2) is 22.8 Å². The van der Waals surface area contributed by atoms with E-state index in [1.54, 1.807) is 87.9 Å². The fraction of sp³-hybridized carbons (Fsp3) is 0.158. The number of amides is 2. The average molecular weight is 1350 g/mol. The standard InChI is InChI=1S/C17H14N8OS.C14H13N5O2S.C12H8ClN5OS.C9H7ClN2O2S.C5H7N3/c26-16(22-7-11-3-18-9-19-4-11)14-15-13(1-2-27-15)24-17(25-14)23-8-12-5-20-10-21-6-12;1-2-21-13(20)11-12-10(3-4-22-12)18-14(19-11)17-7-9-5-15-8-16-6-9;13-12-17-8-1-2-20-10(8)9(18-12)11(19)16-5-7-3-14-6-15-4-7;1-2-14-8(13)6-7-5(3-4-15-7)11-9(10)12-6;6-1-5-2-7-4-8-3-5/h1-6,9-10H,7-8H2,(H,22,26)(H,23,24,25);3-6,8H,2,7H2,1H3,(H,17,18,19);1-4,6H,5H2,(H,16,19);3-4H,2H2,1H3;2-4H,1,6H2. The minimum absolute atomic E-state index is 0.0592. The molecule has 29 nitrogen and oxygen atoms in total. The number of halogens is 2. The number of thiophene rings is 4. The minimum Gasteiger partial charge on any atom is -0.461 e. The summed E-state index contributed by atoms with van der Waals surface area (Å²) in [4.78, 5) is 121. The van der Waals surface area contributed by atoms with Crippen LogP contribution in [0.2, 0.25) is 10.6 Å². The van der Waals surface area contributed by atoms with Crippen molar-refractivity contribution >= 4 is 145 Å². The summed E-state index contributed by atoms with van der Waals surface area (Å²) in [6.45, 7) is 6.21. The maximum Gasteiger partial charge on any atom is 0.358 e. The number of carbonyl (C=O) groups excluding carboxylic acids is 4. The summed E-state index contributed by atoms with van der Waals surface area (Å²) in [5, 5.41) is 19.4. The summed E-state index contributed by atoms with van der Waals surface area (Å²) < 4.78 is 12.8. The Kier molecular flexibility index (Phi) is 24.4. The van der Waals surface area contributed by atoms with Crippen molar-refractivity contribution in [1.82, 2.24) is 100 Å². The Hall–Kier alpha value is -10.4. The van der Waals surface area contributed by atoms with E-state index >= 15 is 0 Å². The molecule has 0 fully saturated rings. The van der Waals surface area contributed by atoms with Gasteiger partial charge in [-0.2, -0.15) is 0 Å². The monoisotopic (exact) mass is 1350 g/mol. The molecule has 0 aliphatic carbocycles. The van der Waals surface area contributed by atoms with Crippen LogP contribution in [0.5, 0.6) is 0 Å². The molecule has 0 aliphatic rings. The van der Waals surface area contributed by atoms with Crippen molar-refractivity contribution in [3.05, 3.63) is 201 Å². The van der Waals surface area contributed by atoms with Gasteiger partial charge in [0.1, 0.15) is 31.6 Å². The molecule has 0 aliphatic heterocycles. The summed E-state index contributed by atoms with van der Waals surface area (Å²) in [6, 6.07) is 7.30. The molecule has 13 aromatic heterocycles. The zero-order chi connectivity index (χ0) is 64.4. The lowest BCUT2D eigenvalue weighted by atomic mass is 10.3. The molecule has 13 aromatic rings. The number of nitrogens with two attached hydrogens (primary N) is 1. The van der Waals surface area contributed by atoms with Crippen molar-refractivity contribution in [3.8, 4) is 0 Å². The van der Waals surface area contributed by atoms with Crippen LogP contribution < -0.4 is 27.0 Å². The van der Waals surface area contributed by atoms with E-state index in [2.05, 4.69) is 111 Å². The van der Waals surface area contributed by atoms with Crippen molar-refractivity contribution in [2.45, 2.75) is 46.6 Å². The predicted octanol–water partition coefficient (Wildman–Crippen LogP) is 8.60. The third-order valence-electron chi connectivity index (χ3n) is 11.6. The van der Waals surface area contributed by atoms with Gasteiger partial charge in [-0.05, 0) is 82.8 Å². The molecule has 2 amide bonds. The molecule has 0 radical (unpaired) electrons. The Balaban J connectivity index is 0.000000141. The number of aromatic nitrogens is 18. The highest BCUT2D eigenvalue weighted by molar-refractivity contribution is 7.18. The summed E-state index contributed by atoms with van der Waals surface area (Å²) in [6.07, 6.45) is 24.1. The highest BCUT2D eigenvalue weighted by Gasteiger charge is 2.20. The van der Waals surface area contributed by atoms with Crippen LogP contribution in [0.4, 0.5) is 11.9 Å². The van der Waals surface area contributed by atoms with E-state index in [4.69, 9.17) is 38.4 Å². The zero-order valence-corrected chi connectivity index (χ0v) is 53.0. The maximum absolute atomic E-state index is 12.7. The van der Waals surface area contributed by atoms with Gasteiger partial charge in [0.25, 0.3) is 11.8 Å². The molecule has 466 valence electrons. The Morgan fingerprint density at radius 3 is 1.04 bits per heavy atom. The maximum atomic E-state index is 12.7. The largest absolute Gasteiger partial charge is 0.461 e. The van der Waals surface area contributed by atoms with Crippen molar-refractivity contribution in [2.75, 3.05) is 23.8 Å². The highest BCUT2D eigenvalue weighted by atomic mass is 35.5. The number of rotatable bonds is 17. The number of esters is 2. The Morgan fingerprint density at radius 1 is 0.402 bits per heavy atom. The Bertz CT molecular complexity index is 4530. The van der Waals surface area contributed by atoms with E-state index in [0.717, 1.165) is 53.0 Å². The molecule has 92 heavy (non-hydrogen) atoms. The van der Waals surface area contributed by atoms with E-state index in [-0.39, 0.29) is 39.5 Å². The summed E-state index contributed by atoms with van der Waals surface area (Å²) in [5.41, 5.74) is 13.6. The van der Waals surface area contributed by atoms with Crippen LogP contribution in [0.3, 0.4) is 0 Å². The van der Waals surface area contributed by atoms with Crippen molar-refractivity contribution in [2.24, 2.45) is 5.73 Å². The highest BCUT2D eigenvalue weighted by Crippen LogP contribution is 2.28. The van der Waals surface area contributed by atoms with Crippen LogP contribution in [-0.2, 0) is 42.2 Å². The van der Waals surface area contributed by atoms with Crippen molar-refractivity contribution in [1.29, 1.82) is 0 Å². The number of carbonyl (C=O) groups is 4. The number of ether oxygens (including phenoxy) is 2. The third-order valence-corrected chi connectivity index (χ3v) is 15.6. The molecule has 0 spiro atoms. The molecule has 0 unspecified atom stereocenters. The van der Waals surface area contributed by atoms with Gasteiger partial charge >= 0.3 is 11.9 Å². The molecule has 0 atom stereocenters. The molecular formula is C57H49Cl2N23O6S4. The van der Waals surface area contributed by atoms with Crippen LogP contribution in [0, 0.1) is 0 Å². The third kappa shape index (κ3) is 18.8. The zero-order valence-electron chi connectivity index (χ0n) is 48.2.